The van der Waals surface area contributed by atoms with Gasteiger partial charge in [0.2, 0.25) is 5.82 Å². The van der Waals surface area contributed by atoms with Gasteiger partial charge in [-0.25, -0.2) is 8.78 Å². The van der Waals surface area contributed by atoms with E-state index in [1.165, 1.54) is 4.90 Å². The smallest absolute Gasteiger partial charge is 0.257 e. The Morgan fingerprint density at radius 2 is 2.05 bits per heavy atom. The van der Waals surface area contributed by atoms with E-state index < -0.39 is 34.7 Å². The summed E-state index contributed by atoms with van der Waals surface area (Å²) < 4.78 is 40.2. The van der Waals surface area contributed by atoms with Crippen molar-refractivity contribution in [2.24, 2.45) is 11.7 Å². The molecule has 2 unspecified atom stereocenters. The molecule has 124 valence electrons. The monoisotopic (exact) mass is 338 g/mol. The van der Waals surface area contributed by atoms with Crippen LogP contribution in [-0.2, 0) is 0 Å². The van der Waals surface area contributed by atoms with Crippen LogP contribution in [0, 0.1) is 23.4 Å². The van der Waals surface area contributed by atoms with Crippen LogP contribution >= 0.6 is 12.4 Å². The molecule has 2 rings (SSSR count). The lowest BCUT2D eigenvalue weighted by molar-refractivity contribution is 0.0526. The van der Waals surface area contributed by atoms with Gasteiger partial charge in [0, 0.05) is 19.1 Å². The van der Waals surface area contributed by atoms with Crippen LogP contribution in [0.1, 0.15) is 30.1 Å². The maximum absolute atomic E-state index is 13.8. The minimum absolute atomic E-state index is 0. The summed E-state index contributed by atoms with van der Waals surface area (Å²) in [7, 11) is 0. The average Bonchev–Trinajstić information content (AvgIpc) is 2.47. The van der Waals surface area contributed by atoms with Gasteiger partial charge in [0.15, 0.2) is 17.4 Å². The molecule has 1 aromatic rings. The highest BCUT2D eigenvalue weighted by atomic mass is 35.5. The maximum Gasteiger partial charge on any atom is 0.257 e. The normalized spacial score (nSPS) is 21.4. The molecule has 2 atom stereocenters. The molecule has 1 aliphatic heterocycles. The number of piperidine rings is 1. The lowest BCUT2D eigenvalue weighted by atomic mass is 9.90. The predicted molar refractivity (Wildman–Crippen MR) is 77.5 cm³/mol. The van der Waals surface area contributed by atoms with E-state index in [0.717, 1.165) is 12.8 Å². The van der Waals surface area contributed by atoms with Gasteiger partial charge in [-0.1, -0.05) is 6.92 Å². The van der Waals surface area contributed by atoms with Gasteiger partial charge < -0.3 is 15.7 Å². The molecular formula is C14H18ClF3N2O2. The molecule has 0 bridgehead atoms. The minimum Gasteiger partial charge on any atom is -0.503 e. The van der Waals surface area contributed by atoms with E-state index >= 15 is 0 Å². The Morgan fingerprint density at radius 3 is 2.64 bits per heavy atom. The van der Waals surface area contributed by atoms with Crippen LogP contribution in [0.15, 0.2) is 6.07 Å². The van der Waals surface area contributed by atoms with Crippen molar-refractivity contribution in [2.45, 2.75) is 25.8 Å². The van der Waals surface area contributed by atoms with Gasteiger partial charge in [0.1, 0.15) is 0 Å². The fourth-order valence-electron chi connectivity index (χ4n) is 2.76. The van der Waals surface area contributed by atoms with Gasteiger partial charge in [-0.05, 0) is 24.8 Å². The number of phenols is 1. The third-order valence-electron chi connectivity index (χ3n) is 3.98. The van der Waals surface area contributed by atoms with E-state index in [2.05, 4.69) is 0 Å². The van der Waals surface area contributed by atoms with Crippen molar-refractivity contribution >= 4 is 18.3 Å². The van der Waals surface area contributed by atoms with Crippen LogP contribution in [0.4, 0.5) is 13.2 Å². The molecule has 1 saturated heterocycles. The Labute approximate surface area is 132 Å². The molecule has 1 fully saturated rings. The van der Waals surface area contributed by atoms with E-state index in [4.69, 9.17) is 5.73 Å². The average molecular weight is 339 g/mol. The first kappa shape index (κ1) is 18.6. The minimum atomic E-state index is -1.70. The number of phenolic OH excluding ortho intramolecular Hbond substituents is 1. The molecule has 22 heavy (non-hydrogen) atoms. The molecule has 1 amide bonds. The molecule has 0 aliphatic carbocycles. The van der Waals surface area contributed by atoms with Gasteiger partial charge >= 0.3 is 0 Å². The highest BCUT2D eigenvalue weighted by Crippen LogP contribution is 2.29. The van der Waals surface area contributed by atoms with Crippen LogP contribution in [-0.4, -0.2) is 35.0 Å². The Bertz CT molecular complexity index is 572. The van der Waals surface area contributed by atoms with Crippen molar-refractivity contribution in [1.29, 1.82) is 0 Å². The van der Waals surface area contributed by atoms with E-state index in [-0.39, 0.29) is 30.9 Å². The quantitative estimate of drug-likeness (QED) is 0.814. The van der Waals surface area contributed by atoms with Crippen molar-refractivity contribution < 1.29 is 23.1 Å². The molecule has 1 heterocycles. The van der Waals surface area contributed by atoms with Gasteiger partial charge in [0.05, 0.1) is 5.56 Å². The lowest BCUT2D eigenvalue weighted by Crippen LogP contribution is -2.51. The number of halogens is 4. The van der Waals surface area contributed by atoms with Gasteiger partial charge in [-0.3, -0.25) is 4.79 Å². The van der Waals surface area contributed by atoms with E-state index in [1.807, 2.05) is 6.92 Å². The zero-order valence-electron chi connectivity index (χ0n) is 12.0. The first-order chi connectivity index (χ1) is 9.88. The van der Waals surface area contributed by atoms with Crippen molar-refractivity contribution in [3.05, 3.63) is 29.1 Å². The van der Waals surface area contributed by atoms with Gasteiger partial charge in [0.25, 0.3) is 5.91 Å². The Hall–Kier alpha value is -1.47. The number of carbonyl (C=O) groups is 1. The zero-order chi connectivity index (χ0) is 15.7. The standard InChI is InChI=1S/C14H17F3N2O2.ClH/c1-7-3-2-4-19(10(7)6-18)14(21)8-5-9(15)12(17)13(20)11(8)16;/h5,7,10,20H,2-4,6,18H2,1H3;1H. The number of benzene rings is 1. The van der Waals surface area contributed by atoms with Crippen molar-refractivity contribution in [1.82, 2.24) is 4.90 Å². The number of hydrogen-bond acceptors (Lipinski definition) is 3. The number of hydrogen-bond donors (Lipinski definition) is 2. The number of rotatable bonds is 2. The van der Waals surface area contributed by atoms with Gasteiger partial charge in [-0.2, -0.15) is 4.39 Å². The first-order valence-corrected chi connectivity index (χ1v) is 6.76. The summed E-state index contributed by atoms with van der Waals surface area (Å²) in [6.07, 6.45) is 1.61. The second kappa shape index (κ2) is 7.19. The van der Waals surface area contributed by atoms with Crippen LogP contribution in [0.2, 0.25) is 0 Å². The lowest BCUT2D eigenvalue weighted by Gasteiger charge is -2.39. The third kappa shape index (κ3) is 3.15. The largest absolute Gasteiger partial charge is 0.503 e. The summed E-state index contributed by atoms with van der Waals surface area (Å²) in [5.74, 6) is -6.75. The molecule has 0 radical (unpaired) electrons. The maximum atomic E-state index is 13.8. The van der Waals surface area contributed by atoms with Crippen LogP contribution in [0.25, 0.3) is 0 Å². The molecule has 3 N–H and O–H groups in total. The molecule has 4 nitrogen and oxygen atoms in total. The van der Waals surface area contributed by atoms with Gasteiger partial charge in [-0.15, -0.1) is 12.4 Å². The Morgan fingerprint density at radius 1 is 1.41 bits per heavy atom. The van der Waals surface area contributed by atoms with E-state index in [0.29, 0.717) is 12.6 Å². The Kier molecular flexibility index (Phi) is 6.08. The second-order valence-corrected chi connectivity index (χ2v) is 5.30. The number of aromatic hydroxyl groups is 1. The number of amides is 1. The molecular weight excluding hydrogens is 321 g/mol. The molecule has 0 saturated carbocycles. The molecule has 1 aliphatic rings. The summed E-state index contributed by atoms with van der Waals surface area (Å²) >= 11 is 0. The fraction of sp³-hybridized carbons (Fsp3) is 0.500. The predicted octanol–water partition coefficient (Wildman–Crippen LogP) is 2.43. The second-order valence-electron chi connectivity index (χ2n) is 5.30. The first-order valence-electron chi connectivity index (χ1n) is 6.76. The number of nitrogens with zero attached hydrogens (tertiary/aromatic N) is 1. The molecule has 8 heteroatoms. The molecule has 0 spiro atoms. The van der Waals surface area contributed by atoms with Crippen LogP contribution in [0.5, 0.6) is 5.75 Å². The van der Waals surface area contributed by atoms with E-state index in [1.54, 1.807) is 0 Å². The summed E-state index contributed by atoms with van der Waals surface area (Å²) in [4.78, 5) is 13.7. The summed E-state index contributed by atoms with van der Waals surface area (Å²) in [6, 6.07) is 0.181. The fourth-order valence-corrected chi connectivity index (χ4v) is 2.76. The van der Waals surface area contributed by atoms with Crippen molar-refractivity contribution in [3.8, 4) is 5.75 Å². The highest BCUT2D eigenvalue weighted by molar-refractivity contribution is 5.95. The topological polar surface area (TPSA) is 66.6 Å². The number of likely N-dealkylation sites (tertiary alicyclic amines) is 1. The van der Waals surface area contributed by atoms with Crippen LogP contribution < -0.4 is 5.73 Å². The Balaban J connectivity index is 0.00000242. The SMILES string of the molecule is CC1CCCN(C(=O)c2cc(F)c(F)c(O)c2F)C1CN.Cl. The van der Waals surface area contributed by atoms with Crippen molar-refractivity contribution in [2.75, 3.05) is 13.1 Å². The number of carbonyl (C=O) groups excluding carboxylic acids is 1. The molecule has 0 aromatic heterocycles. The van der Waals surface area contributed by atoms with E-state index in [9.17, 15) is 23.1 Å². The summed E-state index contributed by atoms with van der Waals surface area (Å²) in [5.41, 5.74) is 4.97. The summed E-state index contributed by atoms with van der Waals surface area (Å²) in [5, 5.41) is 9.20. The summed E-state index contributed by atoms with van der Waals surface area (Å²) in [6.45, 7) is 2.49. The highest BCUT2D eigenvalue weighted by Gasteiger charge is 2.34. The third-order valence-corrected chi connectivity index (χ3v) is 3.98. The van der Waals surface area contributed by atoms with Crippen molar-refractivity contribution in [3.63, 3.8) is 0 Å². The zero-order valence-corrected chi connectivity index (χ0v) is 12.8. The number of nitrogens with two attached hydrogens (primary N) is 1. The van der Waals surface area contributed by atoms with Crippen LogP contribution in [0.3, 0.4) is 0 Å². The molecule has 1 aromatic carbocycles.